The molecule has 0 N–H and O–H groups in total. The number of hydrogen-bond acceptors (Lipinski definition) is 5. The van der Waals surface area contributed by atoms with E-state index in [0.717, 1.165) is 33.7 Å². The van der Waals surface area contributed by atoms with Crippen LogP contribution in [0.15, 0.2) is 42.5 Å². The highest BCUT2D eigenvalue weighted by atomic mass is 16.5. The molecule has 21 heavy (non-hydrogen) atoms. The Morgan fingerprint density at radius 1 is 1.00 bits per heavy atom. The molecule has 0 saturated heterocycles. The zero-order chi connectivity index (χ0) is 14.8. The molecule has 0 unspecified atom stereocenters. The second-order valence-electron chi connectivity index (χ2n) is 4.89. The lowest BCUT2D eigenvalue weighted by molar-refractivity contribution is 0.415. The number of nitrogens with zero attached hydrogens (tertiary/aromatic N) is 4. The average Bonchev–Trinajstić information content (AvgIpc) is 2.53. The lowest BCUT2D eigenvalue weighted by Gasteiger charge is -2.19. The molecule has 1 aromatic heterocycles. The highest BCUT2D eigenvalue weighted by Gasteiger charge is 2.11. The predicted molar refractivity (Wildman–Crippen MR) is 83.1 cm³/mol. The second-order valence-corrected chi connectivity index (χ2v) is 4.89. The molecular weight excluding hydrogens is 264 g/mol. The van der Waals surface area contributed by atoms with E-state index in [2.05, 4.69) is 21.5 Å². The van der Waals surface area contributed by atoms with Crippen LogP contribution in [0, 0.1) is 6.92 Å². The van der Waals surface area contributed by atoms with Crippen molar-refractivity contribution in [1.29, 1.82) is 0 Å². The van der Waals surface area contributed by atoms with Crippen LogP contribution in [0.1, 0.15) is 5.56 Å². The minimum Gasteiger partial charge on any atom is -0.497 e. The molecule has 0 aliphatic heterocycles. The summed E-state index contributed by atoms with van der Waals surface area (Å²) in [5.41, 5.74) is 3.01. The number of benzene rings is 2. The van der Waals surface area contributed by atoms with Gasteiger partial charge in [0.1, 0.15) is 5.75 Å². The van der Waals surface area contributed by atoms with Gasteiger partial charge in [-0.3, -0.25) is 0 Å². The molecule has 0 fully saturated rings. The first-order valence-electron chi connectivity index (χ1n) is 6.66. The Bertz CT molecular complexity index is 771. The summed E-state index contributed by atoms with van der Waals surface area (Å²) in [6.45, 7) is 2.04. The van der Waals surface area contributed by atoms with Crippen molar-refractivity contribution in [2.75, 3.05) is 19.1 Å². The Morgan fingerprint density at radius 3 is 2.48 bits per heavy atom. The van der Waals surface area contributed by atoms with Gasteiger partial charge in [-0.25, -0.2) is 0 Å². The summed E-state index contributed by atoms with van der Waals surface area (Å²) in [7, 11) is 3.62. The van der Waals surface area contributed by atoms with E-state index in [9.17, 15) is 0 Å². The largest absolute Gasteiger partial charge is 0.497 e. The highest BCUT2D eigenvalue weighted by molar-refractivity contribution is 5.91. The number of aromatic nitrogens is 3. The first-order valence-corrected chi connectivity index (χ1v) is 6.66. The molecule has 0 spiro atoms. The van der Waals surface area contributed by atoms with Gasteiger partial charge in [-0.2, -0.15) is 0 Å². The van der Waals surface area contributed by atoms with Gasteiger partial charge in [-0.1, -0.05) is 6.07 Å². The monoisotopic (exact) mass is 280 g/mol. The lowest BCUT2D eigenvalue weighted by atomic mass is 10.1. The van der Waals surface area contributed by atoms with Crippen LogP contribution in [0.3, 0.4) is 0 Å². The number of anilines is 2. The van der Waals surface area contributed by atoms with Gasteiger partial charge >= 0.3 is 0 Å². The Hall–Kier alpha value is -2.69. The first-order chi connectivity index (χ1) is 10.2. The maximum absolute atomic E-state index is 5.18. The van der Waals surface area contributed by atoms with Crippen LogP contribution in [0.25, 0.3) is 10.9 Å². The third-order valence-corrected chi connectivity index (χ3v) is 3.46. The molecule has 0 saturated carbocycles. The van der Waals surface area contributed by atoms with Gasteiger partial charge in [0, 0.05) is 18.1 Å². The van der Waals surface area contributed by atoms with Gasteiger partial charge in [0.15, 0.2) is 5.82 Å². The fraction of sp³-hybridized carbons (Fsp3) is 0.188. The number of methoxy groups -OCH3 is 1. The van der Waals surface area contributed by atoms with E-state index in [0.29, 0.717) is 0 Å². The SMILES string of the molecule is COc1ccc(N(C)c2nnnc3cc(C)ccc23)cc1. The number of hydrogen-bond donors (Lipinski definition) is 0. The molecule has 1 heterocycles. The molecule has 0 atom stereocenters. The van der Waals surface area contributed by atoms with Gasteiger partial charge in [-0.05, 0) is 54.1 Å². The van der Waals surface area contributed by atoms with Crippen LogP contribution >= 0.6 is 0 Å². The van der Waals surface area contributed by atoms with E-state index in [1.165, 1.54) is 0 Å². The zero-order valence-electron chi connectivity index (χ0n) is 12.2. The molecule has 3 aromatic rings. The van der Waals surface area contributed by atoms with Crippen LogP contribution < -0.4 is 9.64 Å². The van der Waals surface area contributed by atoms with Crippen molar-refractivity contribution in [1.82, 2.24) is 15.4 Å². The fourth-order valence-corrected chi connectivity index (χ4v) is 2.26. The summed E-state index contributed by atoms with van der Waals surface area (Å²) >= 11 is 0. The molecule has 0 radical (unpaired) electrons. The molecule has 0 bridgehead atoms. The van der Waals surface area contributed by atoms with Gasteiger partial charge < -0.3 is 9.64 Å². The number of aryl methyl sites for hydroxylation is 1. The molecule has 3 rings (SSSR count). The quantitative estimate of drug-likeness (QED) is 0.738. The maximum Gasteiger partial charge on any atom is 0.166 e. The molecule has 5 heteroatoms. The minimum absolute atomic E-state index is 0.783. The van der Waals surface area contributed by atoms with Crippen molar-refractivity contribution in [3.05, 3.63) is 48.0 Å². The highest BCUT2D eigenvalue weighted by Crippen LogP contribution is 2.28. The zero-order valence-corrected chi connectivity index (χ0v) is 12.2. The summed E-state index contributed by atoms with van der Waals surface area (Å²) in [5.74, 6) is 1.61. The summed E-state index contributed by atoms with van der Waals surface area (Å²) < 4.78 is 5.18. The van der Waals surface area contributed by atoms with Gasteiger partial charge in [-0.15, -0.1) is 10.2 Å². The molecule has 5 nitrogen and oxygen atoms in total. The molecule has 0 aliphatic carbocycles. The van der Waals surface area contributed by atoms with E-state index in [-0.39, 0.29) is 0 Å². The fourth-order valence-electron chi connectivity index (χ4n) is 2.26. The van der Waals surface area contributed by atoms with Crippen molar-refractivity contribution in [3.8, 4) is 5.75 Å². The smallest absolute Gasteiger partial charge is 0.166 e. The van der Waals surface area contributed by atoms with Crippen LogP contribution in [0.5, 0.6) is 5.75 Å². The summed E-state index contributed by atoms with van der Waals surface area (Å²) in [4.78, 5) is 1.99. The van der Waals surface area contributed by atoms with E-state index >= 15 is 0 Å². The number of rotatable bonds is 3. The maximum atomic E-state index is 5.18. The number of ether oxygens (including phenoxy) is 1. The molecule has 106 valence electrons. The Labute approximate surface area is 123 Å². The normalized spacial score (nSPS) is 10.6. The van der Waals surface area contributed by atoms with Crippen LogP contribution in [-0.4, -0.2) is 29.6 Å². The predicted octanol–water partition coefficient (Wildman–Crippen LogP) is 3.11. The van der Waals surface area contributed by atoms with E-state index in [1.807, 2.05) is 55.3 Å². The van der Waals surface area contributed by atoms with E-state index < -0.39 is 0 Å². The second kappa shape index (κ2) is 5.36. The van der Waals surface area contributed by atoms with Crippen LogP contribution in [0.2, 0.25) is 0 Å². The third kappa shape index (κ3) is 2.50. The van der Waals surface area contributed by atoms with Gasteiger partial charge in [0.2, 0.25) is 0 Å². The van der Waals surface area contributed by atoms with E-state index in [1.54, 1.807) is 7.11 Å². The molecule has 0 aliphatic rings. The Balaban J connectivity index is 2.06. The topological polar surface area (TPSA) is 51.1 Å². The summed E-state index contributed by atoms with van der Waals surface area (Å²) in [6.07, 6.45) is 0. The first kappa shape index (κ1) is 13.3. The van der Waals surface area contributed by atoms with E-state index in [4.69, 9.17) is 4.74 Å². The molecule has 0 amide bonds. The van der Waals surface area contributed by atoms with Crippen LogP contribution in [0.4, 0.5) is 11.5 Å². The average molecular weight is 280 g/mol. The van der Waals surface area contributed by atoms with Crippen LogP contribution in [-0.2, 0) is 0 Å². The standard InChI is InChI=1S/C16H16N4O/c1-11-4-9-14-15(10-11)17-19-18-16(14)20(2)12-5-7-13(21-3)8-6-12/h4-10H,1-3H3. The summed E-state index contributed by atoms with van der Waals surface area (Å²) in [5, 5.41) is 13.1. The van der Waals surface area contributed by atoms with Crippen molar-refractivity contribution < 1.29 is 4.74 Å². The van der Waals surface area contributed by atoms with Crippen molar-refractivity contribution in [2.24, 2.45) is 0 Å². The number of fused-ring (bicyclic) bond motifs is 1. The van der Waals surface area contributed by atoms with Crippen molar-refractivity contribution in [2.45, 2.75) is 6.92 Å². The Morgan fingerprint density at radius 2 is 1.76 bits per heavy atom. The summed E-state index contributed by atoms with van der Waals surface area (Å²) in [6, 6.07) is 13.9. The van der Waals surface area contributed by atoms with Gasteiger partial charge in [0.05, 0.1) is 12.6 Å². The van der Waals surface area contributed by atoms with Crippen molar-refractivity contribution >= 4 is 22.4 Å². The van der Waals surface area contributed by atoms with Crippen molar-refractivity contribution in [3.63, 3.8) is 0 Å². The molecular formula is C16H16N4O. The third-order valence-electron chi connectivity index (χ3n) is 3.46. The van der Waals surface area contributed by atoms with Gasteiger partial charge in [0.25, 0.3) is 0 Å². The Kier molecular flexibility index (Phi) is 3.39. The minimum atomic E-state index is 0.783. The molecule has 2 aromatic carbocycles. The lowest BCUT2D eigenvalue weighted by Crippen LogP contribution is -2.13.